The maximum atomic E-state index is 11.9. The van der Waals surface area contributed by atoms with E-state index in [0.29, 0.717) is 5.82 Å². The maximum absolute atomic E-state index is 11.9. The van der Waals surface area contributed by atoms with Gasteiger partial charge in [0.2, 0.25) is 0 Å². The zero-order chi connectivity index (χ0) is 18.5. The number of nitrogens with zero attached hydrogens (tertiary/aromatic N) is 2. The summed E-state index contributed by atoms with van der Waals surface area (Å²) in [6.45, 7) is 0. The number of methoxy groups -OCH3 is 1. The lowest BCUT2D eigenvalue weighted by molar-refractivity contribution is 0.100. The minimum atomic E-state index is -0.617. The minimum Gasteiger partial charge on any atom is -0.497 e. The highest BCUT2D eigenvalue weighted by atomic mass is 127. The lowest BCUT2D eigenvalue weighted by Crippen LogP contribution is -2.12. The standard InChI is InChI=1S/C18H16IN5O2/c1-26-14-8-2-11(3-9-14)10-21-17-15(16(20)25)18(24-23-17)22-13-6-4-12(19)5-7-13/h2-10H,1H3,(H2,20,25)(H2,22,23,24). The Morgan fingerprint density at radius 3 is 2.54 bits per heavy atom. The molecule has 0 radical (unpaired) electrons. The van der Waals surface area contributed by atoms with Crippen LogP contribution in [0.4, 0.5) is 17.3 Å². The molecule has 7 nitrogen and oxygen atoms in total. The number of benzene rings is 2. The van der Waals surface area contributed by atoms with E-state index in [4.69, 9.17) is 10.5 Å². The molecule has 0 aliphatic carbocycles. The second kappa shape index (κ2) is 8.00. The number of amides is 1. The van der Waals surface area contributed by atoms with Crippen molar-refractivity contribution in [3.8, 4) is 5.75 Å². The predicted octanol–water partition coefficient (Wildman–Crippen LogP) is 3.62. The SMILES string of the molecule is COc1ccc(C=Nc2n[nH]c(Nc3ccc(I)cc3)c2C(N)=O)cc1. The van der Waals surface area contributed by atoms with E-state index < -0.39 is 5.91 Å². The van der Waals surface area contributed by atoms with Crippen LogP contribution in [0.3, 0.4) is 0 Å². The molecule has 0 aliphatic rings. The predicted molar refractivity (Wildman–Crippen MR) is 110 cm³/mol. The summed E-state index contributed by atoms with van der Waals surface area (Å²) in [6, 6.07) is 15.0. The Hall–Kier alpha value is -2.88. The maximum Gasteiger partial charge on any atom is 0.256 e. The number of H-pyrrole nitrogens is 1. The van der Waals surface area contributed by atoms with Crippen molar-refractivity contribution >= 4 is 52.0 Å². The molecule has 1 heterocycles. The molecular weight excluding hydrogens is 445 g/mol. The molecule has 0 unspecified atom stereocenters. The molecule has 1 amide bonds. The number of carbonyl (C=O) groups is 1. The molecule has 0 bridgehead atoms. The molecule has 0 fully saturated rings. The quantitative estimate of drug-likeness (QED) is 0.385. The molecule has 0 atom stereocenters. The Labute approximate surface area is 163 Å². The van der Waals surface area contributed by atoms with Gasteiger partial charge in [-0.25, -0.2) is 4.99 Å². The summed E-state index contributed by atoms with van der Waals surface area (Å²) in [6.07, 6.45) is 1.61. The average molecular weight is 461 g/mol. The van der Waals surface area contributed by atoms with E-state index in [2.05, 4.69) is 43.1 Å². The second-order valence-electron chi connectivity index (χ2n) is 5.32. The van der Waals surface area contributed by atoms with Gasteiger partial charge in [-0.3, -0.25) is 9.89 Å². The molecular formula is C18H16IN5O2. The Kier molecular flexibility index (Phi) is 5.52. The van der Waals surface area contributed by atoms with Crippen LogP contribution in [0, 0.1) is 3.57 Å². The number of carbonyl (C=O) groups excluding carboxylic acids is 1. The summed E-state index contributed by atoms with van der Waals surface area (Å²) in [4.78, 5) is 16.2. The second-order valence-corrected chi connectivity index (χ2v) is 6.57. The molecule has 2 aromatic carbocycles. The first-order chi connectivity index (χ1) is 12.6. The van der Waals surface area contributed by atoms with E-state index in [0.717, 1.165) is 20.6 Å². The number of nitrogens with two attached hydrogens (primary N) is 1. The lowest BCUT2D eigenvalue weighted by atomic mass is 10.2. The van der Waals surface area contributed by atoms with Gasteiger partial charge in [-0.05, 0) is 76.7 Å². The van der Waals surface area contributed by atoms with E-state index in [-0.39, 0.29) is 11.4 Å². The fourth-order valence-electron chi connectivity index (χ4n) is 2.25. The Bertz CT molecular complexity index is 933. The van der Waals surface area contributed by atoms with Gasteiger partial charge in [-0.2, -0.15) is 5.10 Å². The van der Waals surface area contributed by atoms with Gasteiger partial charge >= 0.3 is 0 Å². The first kappa shape index (κ1) is 17.9. The first-order valence-electron chi connectivity index (χ1n) is 7.65. The summed E-state index contributed by atoms with van der Waals surface area (Å²) >= 11 is 2.22. The van der Waals surface area contributed by atoms with Crippen LogP contribution in [0.15, 0.2) is 53.5 Å². The molecule has 4 N–H and O–H groups in total. The normalized spacial score (nSPS) is 10.8. The van der Waals surface area contributed by atoms with Crippen molar-refractivity contribution in [3.63, 3.8) is 0 Å². The van der Waals surface area contributed by atoms with E-state index in [1.54, 1.807) is 13.3 Å². The van der Waals surface area contributed by atoms with Crippen LogP contribution in [-0.4, -0.2) is 29.4 Å². The van der Waals surface area contributed by atoms with Gasteiger partial charge in [-0.1, -0.05) is 0 Å². The average Bonchev–Trinajstić information content (AvgIpc) is 3.05. The molecule has 0 spiro atoms. The molecule has 8 heteroatoms. The summed E-state index contributed by atoms with van der Waals surface area (Å²) in [5, 5.41) is 9.97. The van der Waals surface area contributed by atoms with Gasteiger partial charge < -0.3 is 15.8 Å². The molecule has 26 heavy (non-hydrogen) atoms. The van der Waals surface area contributed by atoms with Crippen molar-refractivity contribution in [1.82, 2.24) is 10.2 Å². The lowest BCUT2D eigenvalue weighted by Gasteiger charge is -2.05. The van der Waals surface area contributed by atoms with Crippen molar-refractivity contribution in [3.05, 3.63) is 63.2 Å². The number of primary amides is 1. The number of aromatic nitrogens is 2. The van der Waals surface area contributed by atoms with Crippen molar-refractivity contribution in [1.29, 1.82) is 0 Å². The van der Waals surface area contributed by atoms with E-state index in [9.17, 15) is 4.79 Å². The highest BCUT2D eigenvalue weighted by molar-refractivity contribution is 14.1. The van der Waals surface area contributed by atoms with Gasteiger partial charge in [-0.15, -0.1) is 0 Å². The van der Waals surface area contributed by atoms with E-state index in [1.807, 2.05) is 48.5 Å². The third-order valence-electron chi connectivity index (χ3n) is 3.56. The molecule has 1 aromatic heterocycles. The summed E-state index contributed by atoms with van der Waals surface area (Å²) in [5.41, 5.74) is 7.37. The number of nitrogens with one attached hydrogen (secondary N) is 2. The topological polar surface area (TPSA) is 105 Å². The molecule has 0 saturated heterocycles. The highest BCUT2D eigenvalue weighted by Crippen LogP contribution is 2.26. The van der Waals surface area contributed by atoms with E-state index in [1.165, 1.54) is 0 Å². The van der Waals surface area contributed by atoms with Crippen LogP contribution < -0.4 is 15.8 Å². The zero-order valence-corrected chi connectivity index (χ0v) is 16.0. The number of halogens is 1. The Morgan fingerprint density at radius 2 is 1.92 bits per heavy atom. The van der Waals surface area contributed by atoms with Crippen LogP contribution in [0.1, 0.15) is 15.9 Å². The monoisotopic (exact) mass is 461 g/mol. The number of aliphatic imine (C=N–C) groups is 1. The molecule has 0 saturated carbocycles. The third-order valence-corrected chi connectivity index (χ3v) is 4.28. The fourth-order valence-corrected chi connectivity index (χ4v) is 2.61. The number of hydrogen-bond donors (Lipinski definition) is 3. The minimum absolute atomic E-state index is 0.202. The number of aromatic amines is 1. The Balaban J connectivity index is 1.85. The third kappa shape index (κ3) is 4.20. The Morgan fingerprint density at radius 1 is 1.23 bits per heavy atom. The summed E-state index contributed by atoms with van der Waals surface area (Å²) in [7, 11) is 1.61. The van der Waals surface area contributed by atoms with Crippen LogP contribution in [0.2, 0.25) is 0 Å². The molecule has 0 aliphatic heterocycles. The van der Waals surface area contributed by atoms with Crippen molar-refractivity contribution in [2.24, 2.45) is 10.7 Å². The first-order valence-corrected chi connectivity index (χ1v) is 8.73. The largest absolute Gasteiger partial charge is 0.497 e. The van der Waals surface area contributed by atoms with Crippen LogP contribution in [0.25, 0.3) is 0 Å². The summed E-state index contributed by atoms with van der Waals surface area (Å²) < 4.78 is 6.23. The van der Waals surface area contributed by atoms with Crippen molar-refractivity contribution in [2.45, 2.75) is 0 Å². The zero-order valence-electron chi connectivity index (χ0n) is 13.9. The fraction of sp³-hybridized carbons (Fsp3) is 0.0556. The number of hydrogen-bond acceptors (Lipinski definition) is 5. The van der Waals surface area contributed by atoms with Crippen LogP contribution in [0.5, 0.6) is 5.75 Å². The number of rotatable bonds is 6. The van der Waals surface area contributed by atoms with Crippen LogP contribution in [-0.2, 0) is 0 Å². The smallest absolute Gasteiger partial charge is 0.256 e. The van der Waals surface area contributed by atoms with Gasteiger partial charge in [0.25, 0.3) is 5.91 Å². The number of anilines is 2. The molecule has 3 aromatic rings. The van der Waals surface area contributed by atoms with Gasteiger partial charge in [0.15, 0.2) is 5.82 Å². The molecule has 132 valence electrons. The van der Waals surface area contributed by atoms with Gasteiger partial charge in [0, 0.05) is 15.5 Å². The van der Waals surface area contributed by atoms with Gasteiger partial charge in [0.05, 0.1) is 7.11 Å². The van der Waals surface area contributed by atoms with E-state index >= 15 is 0 Å². The highest BCUT2D eigenvalue weighted by Gasteiger charge is 2.18. The van der Waals surface area contributed by atoms with Crippen LogP contribution >= 0.6 is 22.6 Å². The van der Waals surface area contributed by atoms with Crippen molar-refractivity contribution < 1.29 is 9.53 Å². The molecule has 3 rings (SSSR count). The summed E-state index contributed by atoms with van der Waals surface area (Å²) in [5.74, 6) is 0.763. The number of ether oxygens (including phenoxy) is 1. The van der Waals surface area contributed by atoms with Crippen molar-refractivity contribution in [2.75, 3.05) is 12.4 Å². The van der Waals surface area contributed by atoms with Gasteiger partial charge in [0.1, 0.15) is 17.1 Å².